The number of amides is 1. The average molecular weight is 266 g/mol. The Bertz CT molecular complexity index is 450. The van der Waals surface area contributed by atoms with E-state index in [9.17, 15) is 4.79 Å². The summed E-state index contributed by atoms with van der Waals surface area (Å²) < 4.78 is 5.58. The Morgan fingerprint density at radius 3 is 2.74 bits per heavy atom. The summed E-state index contributed by atoms with van der Waals surface area (Å²) in [6.45, 7) is 9.65. The quantitative estimate of drug-likeness (QED) is 0.899. The highest BCUT2D eigenvalue weighted by atomic mass is 16.4. The van der Waals surface area contributed by atoms with E-state index in [1.165, 1.54) is 0 Å². The van der Waals surface area contributed by atoms with Crippen molar-refractivity contribution in [3.8, 4) is 0 Å². The van der Waals surface area contributed by atoms with Crippen molar-refractivity contribution in [1.29, 1.82) is 0 Å². The molecule has 1 aromatic heterocycles. The van der Waals surface area contributed by atoms with Crippen LogP contribution in [0.25, 0.3) is 0 Å². The van der Waals surface area contributed by atoms with Crippen LogP contribution in [0.3, 0.4) is 0 Å². The first-order valence-corrected chi connectivity index (χ1v) is 6.78. The molecule has 1 aromatic rings. The van der Waals surface area contributed by atoms with Crippen molar-refractivity contribution in [2.75, 3.05) is 18.4 Å². The smallest absolute Gasteiger partial charge is 0.315 e. The predicted octanol–water partition coefficient (Wildman–Crippen LogP) is 1.79. The zero-order valence-corrected chi connectivity index (χ0v) is 12.1. The Kier molecular flexibility index (Phi) is 3.78. The van der Waals surface area contributed by atoms with E-state index in [1.807, 2.05) is 25.7 Å². The summed E-state index contributed by atoms with van der Waals surface area (Å²) in [5.74, 6) is 0.791. The third kappa shape index (κ3) is 3.24. The standard InChI is InChI=1S/C13H22N4O2/c1-5-6-17-8-9(7-10(17)18)14-12-16-15-11(19-12)13(2,3)4/h9H,5-8H2,1-4H3,(H,14,16)/t9-/m0/s1. The maximum absolute atomic E-state index is 11.7. The van der Waals surface area contributed by atoms with E-state index in [4.69, 9.17) is 4.42 Å². The molecule has 0 aliphatic carbocycles. The van der Waals surface area contributed by atoms with Crippen LogP contribution in [0.4, 0.5) is 6.01 Å². The average Bonchev–Trinajstić information content (AvgIpc) is 2.87. The number of nitrogens with zero attached hydrogens (tertiary/aromatic N) is 3. The number of rotatable bonds is 4. The van der Waals surface area contributed by atoms with E-state index in [1.54, 1.807) is 0 Å². The lowest BCUT2D eigenvalue weighted by Gasteiger charge is -2.15. The molecular formula is C13H22N4O2. The molecule has 6 heteroatoms. The van der Waals surface area contributed by atoms with Crippen molar-refractivity contribution >= 4 is 11.9 Å². The lowest BCUT2D eigenvalue weighted by Crippen LogP contribution is -2.28. The van der Waals surface area contributed by atoms with Crippen LogP contribution in [0.5, 0.6) is 0 Å². The summed E-state index contributed by atoms with van der Waals surface area (Å²) in [6.07, 6.45) is 1.47. The molecule has 2 rings (SSSR count). The van der Waals surface area contributed by atoms with Gasteiger partial charge < -0.3 is 14.6 Å². The fourth-order valence-corrected chi connectivity index (χ4v) is 2.11. The molecule has 6 nitrogen and oxygen atoms in total. The third-order valence-corrected chi connectivity index (χ3v) is 3.10. The van der Waals surface area contributed by atoms with Crippen LogP contribution >= 0.6 is 0 Å². The molecule has 2 heterocycles. The molecule has 1 fully saturated rings. The number of anilines is 1. The summed E-state index contributed by atoms with van der Waals surface area (Å²) in [4.78, 5) is 13.6. The maximum Gasteiger partial charge on any atom is 0.315 e. The zero-order valence-electron chi connectivity index (χ0n) is 12.1. The van der Waals surface area contributed by atoms with Gasteiger partial charge in [-0.1, -0.05) is 32.8 Å². The van der Waals surface area contributed by atoms with Gasteiger partial charge in [0, 0.05) is 24.9 Å². The topological polar surface area (TPSA) is 71.3 Å². The van der Waals surface area contributed by atoms with E-state index in [0.717, 1.165) is 13.0 Å². The first-order valence-electron chi connectivity index (χ1n) is 6.78. The third-order valence-electron chi connectivity index (χ3n) is 3.10. The van der Waals surface area contributed by atoms with Gasteiger partial charge in [-0.05, 0) is 6.42 Å². The molecule has 1 aliphatic heterocycles. The van der Waals surface area contributed by atoms with Crippen molar-refractivity contribution in [2.45, 2.75) is 52.0 Å². The first kappa shape index (κ1) is 13.8. The Morgan fingerprint density at radius 1 is 1.42 bits per heavy atom. The highest BCUT2D eigenvalue weighted by molar-refractivity contribution is 5.79. The Morgan fingerprint density at radius 2 is 2.16 bits per heavy atom. The van der Waals surface area contributed by atoms with Crippen LogP contribution in [0.15, 0.2) is 4.42 Å². The SMILES string of the molecule is CCCN1C[C@@H](Nc2nnc(C(C)(C)C)o2)CC1=O. The van der Waals surface area contributed by atoms with Crippen LogP contribution in [-0.2, 0) is 10.2 Å². The largest absolute Gasteiger partial charge is 0.408 e. The molecule has 0 spiro atoms. The molecule has 19 heavy (non-hydrogen) atoms. The second-order valence-electron chi connectivity index (χ2n) is 6.05. The molecule has 0 unspecified atom stereocenters. The summed E-state index contributed by atoms with van der Waals surface area (Å²) in [5, 5.41) is 11.2. The van der Waals surface area contributed by atoms with E-state index >= 15 is 0 Å². The number of carbonyl (C=O) groups is 1. The molecule has 0 radical (unpaired) electrons. The van der Waals surface area contributed by atoms with Crippen LogP contribution in [0.2, 0.25) is 0 Å². The number of likely N-dealkylation sites (tertiary alicyclic amines) is 1. The minimum Gasteiger partial charge on any atom is -0.408 e. The van der Waals surface area contributed by atoms with Crippen LogP contribution in [0.1, 0.15) is 46.4 Å². The summed E-state index contributed by atoms with van der Waals surface area (Å²) in [6, 6.07) is 0.466. The molecule has 0 saturated carbocycles. The van der Waals surface area contributed by atoms with Crippen molar-refractivity contribution in [2.24, 2.45) is 0 Å². The fourth-order valence-electron chi connectivity index (χ4n) is 2.11. The number of nitrogens with one attached hydrogen (secondary N) is 1. The van der Waals surface area contributed by atoms with Gasteiger partial charge in [-0.3, -0.25) is 4.79 Å². The van der Waals surface area contributed by atoms with Crippen molar-refractivity contribution < 1.29 is 9.21 Å². The molecular weight excluding hydrogens is 244 g/mol. The monoisotopic (exact) mass is 266 g/mol. The van der Waals surface area contributed by atoms with Gasteiger partial charge in [0.25, 0.3) is 0 Å². The Balaban J connectivity index is 1.96. The van der Waals surface area contributed by atoms with Crippen molar-refractivity contribution in [3.63, 3.8) is 0 Å². The van der Waals surface area contributed by atoms with Crippen LogP contribution in [-0.4, -0.2) is 40.1 Å². The van der Waals surface area contributed by atoms with Crippen molar-refractivity contribution in [1.82, 2.24) is 15.1 Å². The molecule has 1 N–H and O–H groups in total. The molecule has 1 aliphatic rings. The summed E-state index contributed by atoms with van der Waals surface area (Å²) >= 11 is 0. The molecule has 1 atom stereocenters. The minimum absolute atomic E-state index is 0.0623. The minimum atomic E-state index is -0.160. The molecule has 0 aromatic carbocycles. The second kappa shape index (κ2) is 5.19. The van der Waals surface area contributed by atoms with Crippen LogP contribution < -0.4 is 5.32 Å². The molecule has 106 valence electrons. The highest BCUT2D eigenvalue weighted by Crippen LogP contribution is 2.23. The lowest BCUT2D eigenvalue weighted by atomic mass is 9.97. The lowest BCUT2D eigenvalue weighted by molar-refractivity contribution is -0.127. The fraction of sp³-hybridized carbons (Fsp3) is 0.769. The molecule has 1 saturated heterocycles. The summed E-state index contributed by atoms with van der Waals surface area (Å²) in [7, 11) is 0. The van der Waals surface area contributed by atoms with Gasteiger partial charge in [-0.2, -0.15) is 0 Å². The number of carbonyl (C=O) groups excluding carboxylic acids is 1. The summed E-state index contributed by atoms with van der Waals surface area (Å²) in [5.41, 5.74) is -0.160. The van der Waals surface area contributed by atoms with Gasteiger partial charge >= 0.3 is 6.01 Å². The zero-order chi connectivity index (χ0) is 14.0. The van der Waals surface area contributed by atoms with E-state index in [2.05, 4.69) is 22.4 Å². The van der Waals surface area contributed by atoms with Gasteiger partial charge in [-0.25, -0.2) is 0 Å². The van der Waals surface area contributed by atoms with Crippen LogP contribution in [0, 0.1) is 0 Å². The van der Waals surface area contributed by atoms with E-state index < -0.39 is 0 Å². The van der Waals surface area contributed by atoms with Gasteiger partial charge in [-0.15, -0.1) is 5.10 Å². The molecule has 1 amide bonds. The maximum atomic E-state index is 11.7. The van der Waals surface area contributed by atoms with Gasteiger partial charge in [0.2, 0.25) is 11.8 Å². The van der Waals surface area contributed by atoms with E-state index in [0.29, 0.717) is 24.9 Å². The molecule has 0 bridgehead atoms. The number of hydrogen-bond acceptors (Lipinski definition) is 5. The van der Waals surface area contributed by atoms with E-state index in [-0.39, 0.29) is 17.4 Å². The van der Waals surface area contributed by atoms with Gasteiger partial charge in [0.05, 0.1) is 6.04 Å². The Hall–Kier alpha value is -1.59. The highest BCUT2D eigenvalue weighted by Gasteiger charge is 2.30. The number of aromatic nitrogens is 2. The van der Waals surface area contributed by atoms with Crippen molar-refractivity contribution in [3.05, 3.63) is 5.89 Å². The predicted molar refractivity (Wildman–Crippen MR) is 71.9 cm³/mol. The second-order valence-corrected chi connectivity index (χ2v) is 6.05. The normalized spacial score (nSPS) is 20.1. The van der Waals surface area contributed by atoms with Gasteiger partial charge in [0.15, 0.2) is 0 Å². The Labute approximate surface area is 113 Å². The van der Waals surface area contributed by atoms with Gasteiger partial charge in [0.1, 0.15) is 0 Å². The first-order chi connectivity index (χ1) is 8.90. The number of hydrogen-bond donors (Lipinski definition) is 1.